The zero-order chi connectivity index (χ0) is 21.9. The number of aliphatic hydroxyl groups is 1. The third kappa shape index (κ3) is 5.11. The Kier molecular flexibility index (Phi) is 6.36. The van der Waals surface area contributed by atoms with E-state index in [0.717, 1.165) is 6.20 Å². The minimum atomic E-state index is -4.71. The summed E-state index contributed by atoms with van der Waals surface area (Å²) < 4.78 is 70.2. The number of ketones is 1. The van der Waals surface area contributed by atoms with E-state index in [1.165, 1.54) is 24.3 Å². The highest BCUT2D eigenvalue weighted by atomic mass is 32.2. The molecule has 3 N–H and O–H groups in total. The van der Waals surface area contributed by atoms with E-state index in [1.807, 2.05) is 0 Å². The lowest BCUT2D eigenvalue weighted by molar-refractivity contribution is -0.147. The molecular weight excluding hydrogens is 429 g/mol. The Morgan fingerprint density at radius 2 is 1.90 bits per heavy atom. The van der Waals surface area contributed by atoms with Crippen LogP contribution in [-0.4, -0.2) is 60.7 Å². The van der Waals surface area contributed by atoms with Crippen molar-refractivity contribution < 1.29 is 36.2 Å². The molecule has 1 fully saturated rings. The molecule has 30 heavy (non-hydrogen) atoms. The minimum Gasteiger partial charge on any atom is -0.382 e. The van der Waals surface area contributed by atoms with Gasteiger partial charge < -0.3 is 15.2 Å². The highest BCUT2D eigenvalue weighted by molar-refractivity contribution is 7.89. The van der Waals surface area contributed by atoms with Gasteiger partial charge >= 0.3 is 6.18 Å². The molecule has 9 nitrogen and oxygen atoms in total. The summed E-state index contributed by atoms with van der Waals surface area (Å²) in [6.45, 7) is -0.689. The molecule has 1 aromatic carbocycles. The van der Waals surface area contributed by atoms with Crippen LogP contribution in [0.1, 0.15) is 5.69 Å². The number of aliphatic hydroxyl groups excluding tert-OH is 1. The molecule has 1 aliphatic heterocycles. The topological polar surface area (TPSA) is 131 Å². The molecule has 2 aromatic rings. The van der Waals surface area contributed by atoms with Gasteiger partial charge in [-0.2, -0.15) is 13.2 Å². The lowest BCUT2D eigenvalue weighted by Crippen LogP contribution is -2.55. The molecule has 0 aliphatic carbocycles. The number of carbonyl (C=O) groups is 1. The molecular formula is C17H17F3N4O5S. The van der Waals surface area contributed by atoms with Crippen molar-refractivity contribution >= 4 is 21.6 Å². The number of aromatic nitrogens is 2. The number of halogens is 3. The maximum absolute atomic E-state index is 12.7. The summed E-state index contributed by atoms with van der Waals surface area (Å²) in [7, 11) is -3.87. The fourth-order valence-electron chi connectivity index (χ4n) is 2.69. The number of Topliss-reactive ketones (excluding diaryl/α,β-unsaturated/α-hetero) is 1. The predicted molar refractivity (Wildman–Crippen MR) is 96.8 cm³/mol. The van der Waals surface area contributed by atoms with Crippen molar-refractivity contribution in [3.8, 4) is 0 Å². The van der Waals surface area contributed by atoms with Gasteiger partial charge in [0.2, 0.25) is 10.0 Å². The van der Waals surface area contributed by atoms with Crippen LogP contribution in [0.3, 0.4) is 0 Å². The molecule has 162 valence electrons. The Morgan fingerprint density at radius 1 is 1.20 bits per heavy atom. The molecule has 0 amide bonds. The number of ether oxygens (including phenoxy) is 1. The lowest BCUT2D eigenvalue weighted by Gasteiger charge is -2.32. The predicted octanol–water partition coefficient (Wildman–Crippen LogP) is 0.583. The van der Waals surface area contributed by atoms with Crippen LogP contribution >= 0.6 is 0 Å². The van der Waals surface area contributed by atoms with Gasteiger partial charge in [0, 0.05) is 6.54 Å². The number of hydrogen-bond acceptors (Lipinski definition) is 8. The fraction of sp³-hybridized carbons (Fsp3) is 0.353. The van der Waals surface area contributed by atoms with Crippen molar-refractivity contribution in [3.05, 3.63) is 48.4 Å². The van der Waals surface area contributed by atoms with Crippen LogP contribution in [0.25, 0.3) is 0 Å². The lowest BCUT2D eigenvalue weighted by atomic mass is 10.00. The summed E-state index contributed by atoms with van der Waals surface area (Å²) in [4.78, 5) is 19.1. The van der Waals surface area contributed by atoms with Crippen LogP contribution in [0.15, 0.2) is 47.6 Å². The first-order valence-electron chi connectivity index (χ1n) is 8.62. The highest BCUT2D eigenvalue weighted by Crippen LogP contribution is 2.27. The van der Waals surface area contributed by atoms with Crippen LogP contribution in [0.5, 0.6) is 0 Å². The van der Waals surface area contributed by atoms with Crippen LogP contribution < -0.4 is 10.0 Å². The third-order valence-electron chi connectivity index (χ3n) is 4.24. The average molecular weight is 446 g/mol. The van der Waals surface area contributed by atoms with Crippen molar-refractivity contribution in [3.63, 3.8) is 0 Å². The van der Waals surface area contributed by atoms with E-state index in [2.05, 4.69) is 20.0 Å². The Hall–Kier alpha value is -2.61. The summed E-state index contributed by atoms with van der Waals surface area (Å²) in [5.74, 6) is -1.09. The van der Waals surface area contributed by atoms with Gasteiger partial charge in [0.25, 0.3) is 0 Å². The zero-order valence-electron chi connectivity index (χ0n) is 15.2. The molecule has 13 heteroatoms. The van der Waals surface area contributed by atoms with E-state index in [9.17, 15) is 31.5 Å². The number of carbonyl (C=O) groups excluding carboxylic acids is 1. The average Bonchev–Trinajstić information content (AvgIpc) is 2.71. The van der Waals surface area contributed by atoms with Gasteiger partial charge in [-0.1, -0.05) is 18.2 Å². The van der Waals surface area contributed by atoms with E-state index in [-0.39, 0.29) is 23.9 Å². The number of nitrogens with one attached hydrogen (secondary N) is 2. The molecule has 0 bridgehead atoms. The number of sulfonamides is 1. The number of hydrogen-bond donors (Lipinski definition) is 3. The summed E-state index contributed by atoms with van der Waals surface area (Å²) in [5, 5.41) is 12.6. The first-order chi connectivity index (χ1) is 14.1. The third-order valence-corrected chi connectivity index (χ3v) is 5.68. The molecule has 1 saturated heterocycles. The quantitative estimate of drug-likeness (QED) is 0.588. The summed E-state index contributed by atoms with van der Waals surface area (Å²) >= 11 is 0. The molecule has 3 atom stereocenters. The van der Waals surface area contributed by atoms with Crippen molar-refractivity contribution in [2.75, 3.05) is 18.5 Å². The Morgan fingerprint density at radius 3 is 2.57 bits per heavy atom. The summed E-state index contributed by atoms with van der Waals surface area (Å²) in [6.07, 6.45) is -6.04. The molecule has 3 rings (SSSR count). The number of alkyl halides is 3. The maximum Gasteiger partial charge on any atom is 0.434 e. The van der Waals surface area contributed by atoms with Crippen LogP contribution in [0.2, 0.25) is 0 Å². The van der Waals surface area contributed by atoms with Gasteiger partial charge in [-0.3, -0.25) is 9.78 Å². The first-order valence-corrected chi connectivity index (χ1v) is 10.1. The molecule has 0 saturated carbocycles. The van der Waals surface area contributed by atoms with Gasteiger partial charge in [-0.25, -0.2) is 18.1 Å². The van der Waals surface area contributed by atoms with E-state index in [4.69, 9.17) is 4.74 Å². The first kappa shape index (κ1) is 22.1. The van der Waals surface area contributed by atoms with Gasteiger partial charge in [0.15, 0.2) is 11.5 Å². The minimum absolute atomic E-state index is 0.00397. The summed E-state index contributed by atoms with van der Waals surface area (Å²) in [5.41, 5.74) is -1.24. The Labute approximate surface area is 169 Å². The van der Waals surface area contributed by atoms with E-state index in [0.29, 0.717) is 6.20 Å². The van der Waals surface area contributed by atoms with Gasteiger partial charge in [0.05, 0.1) is 23.9 Å². The number of nitrogens with zero attached hydrogens (tertiary/aromatic N) is 2. The number of anilines is 1. The Balaban J connectivity index is 1.61. The van der Waals surface area contributed by atoms with E-state index >= 15 is 0 Å². The smallest absolute Gasteiger partial charge is 0.382 e. The molecule has 2 heterocycles. The van der Waals surface area contributed by atoms with Crippen molar-refractivity contribution in [1.82, 2.24) is 14.7 Å². The monoisotopic (exact) mass is 446 g/mol. The van der Waals surface area contributed by atoms with E-state index < -0.39 is 45.9 Å². The van der Waals surface area contributed by atoms with Crippen molar-refractivity contribution in [2.45, 2.75) is 29.3 Å². The summed E-state index contributed by atoms with van der Waals surface area (Å²) in [6, 6.07) is 6.30. The SMILES string of the molecule is O=C1[C@@H](Nc2cncc(C(F)(F)F)n2)CO[C@H](CNS(=O)(=O)c2ccccc2)[C@@H]1O. The highest BCUT2D eigenvalue weighted by Gasteiger charge is 2.39. The van der Waals surface area contributed by atoms with Gasteiger partial charge in [-0.05, 0) is 12.1 Å². The molecule has 1 aliphatic rings. The van der Waals surface area contributed by atoms with Crippen LogP contribution in [0.4, 0.5) is 19.0 Å². The number of rotatable bonds is 6. The van der Waals surface area contributed by atoms with Crippen molar-refractivity contribution in [2.24, 2.45) is 0 Å². The number of benzene rings is 1. The maximum atomic E-state index is 12.7. The molecule has 0 radical (unpaired) electrons. The zero-order valence-corrected chi connectivity index (χ0v) is 16.0. The second-order valence-corrected chi connectivity index (χ2v) is 8.14. The van der Waals surface area contributed by atoms with Gasteiger partial charge in [-0.15, -0.1) is 0 Å². The fourth-order valence-corrected chi connectivity index (χ4v) is 3.76. The largest absolute Gasteiger partial charge is 0.434 e. The molecule has 0 spiro atoms. The Bertz CT molecular complexity index is 1000. The molecule has 1 aromatic heterocycles. The normalized spacial score (nSPS) is 22.7. The van der Waals surface area contributed by atoms with Gasteiger partial charge in [0.1, 0.15) is 24.1 Å². The van der Waals surface area contributed by atoms with E-state index in [1.54, 1.807) is 6.07 Å². The second-order valence-electron chi connectivity index (χ2n) is 6.37. The van der Waals surface area contributed by atoms with Crippen LogP contribution in [-0.2, 0) is 25.7 Å². The molecule has 0 unspecified atom stereocenters. The standard InChI is InChI=1S/C17H17F3N4O5S/c18-17(19,20)13-7-21-8-14(24-13)23-11-9-29-12(16(26)15(11)25)6-22-30(27,28)10-4-2-1-3-5-10/h1-5,7-8,11-12,16,22,26H,6,9H2,(H,23,24)/t11-,12+,16-/m0/s1. The van der Waals surface area contributed by atoms with Crippen molar-refractivity contribution in [1.29, 1.82) is 0 Å². The van der Waals surface area contributed by atoms with Crippen LogP contribution in [0, 0.1) is 0 Å². The second kappa shape index (κ2) is 8.63.